The Bertz CT molecular complexity index is 1340. The molecule has 0 bridgehead atoms. The van der Waals surface area contributed by atoms with E-state index < -0.39 is 0 Å². The summed E-state index contributed by atoms with van der Waals surface area (Å²) in [4.78, 5) is 29.7. The van der Waals surface area contributed by atoms with Gasteiger partial charge in [0.15, 0.2) is 11.5 Å². The van der Waals surface area contributed by atoms with Crippen molar-refractivity contribution in [2.24, 2.45) is 0 Å². The number of ether oxygens (including phenoxy) is 2. The van der Waals surface area contributed by atoms with Crippen molar-refractivity contribution in [2.45, 2.75) is 19.5 Å². The van der Waals surface area contributed by atoms with Crippen LogP contribution in [-0.4, -0.2) is 34.9 Å². The lowest BCUT2D eigenvalue weighted by atomic mass is 10.1. The van der Waals surface area contributed by atoms with Gasteiger partial charge in [0.2, 0.25) is 5.91 Å². The van der Waals surface area contributed by atoms with Gasteiger partial charge in [0.05, 0.1) is 44.8 Å². The minimum Gasteiger partial charge on any atom is -0.493 e. The Morgan fingerprint density at radius 1 is 0.970 bits per heavy atom. The minimum absolute atomic E-state index is 0.168. The largest absolute Gasteiger partial charge is 0.493 e. The van der Waals surface area contributed by atoms with Crippen molar-refractivity contribution in [1.29, 1.82) is 0 Å². The Balaban J connectivity index is 1.55. The fourth-order valence-corrected chi connectivity index (χ4v) is 3.63. The quantitative estimate of drug-likeness (QED) is 0.449. The molecular formula is C25H24N4O4. The molecule has 0 spiro atoms. The third-order valence-corrected chi connectivity index (χ3v) is 5.26. The van der Waals surface area contributed by atoms with E-state index in [1.54, 1.807) is 44.8 Å². The smallest absolute Gasteiger partial charge is 0.274 e. The second-order valence-electron chi connectivity index (χ2n) is 7.46. The molecule has 8 heteroatoms. The van der Waals surface area contributed by atoms with Crippen molar-refractivity contribution in [3.05, 3.63) is 94.2 Å². The van der Waals surface area contributed by atoms with Gasteiger partial charge < -0.3 is 14.8 Å². The second-order valence-corrected chi connectivity index (χ2v) is 7.46. The lowest BCUT2D eigenvalue weighted by molar-refractivity contribution is -0.120. The van der Waals surface area contributed by atoms with Crippen molar-refractivity contribution in [3.63, 3.8) is 0 Å². The van der Waals surface area contributed by atoms with Crippen LogP contribution in [-0.2, 0) is 24.3 Å². The first kappa shape index (κ1) is 22.0. The predicted octanol–water partition coefficient (Wildman–Crippen LogP) is 2.72. The van der Waals surface area contributed by atoms with Crippen LogP contribution in [0.4, 0.5) is 0 Å². The number of nitrogens with one attached hydrogen (secondary N) is 1. The number of aromatic nitrogens is 3. The molecule has 0 saturated heterocycles. The Kier molecular flexibility index (Phi) is 6.64. The molecule has 0 saturated carbocycles. The van der Waals surface area contributed by atoms with Crippen LogP contribution in [0.5, 0.6) is 11.5 Å². The summed E-state index contributed by atoms with van der Waals surface area (Å²) in [6, 6.07) is 16.4. The highest BCUT2D eigenvalue weighted by Gasteiger charge is 2.13. The van der Waals surface area contributed by atoms with Gasteiger partial charge in [-0.25, -0.2) is 4.68 Å². The number of pyridine rings is 1. The Labute approximate surface area is 190 Å². The van der Waals surface area contributed by atoms with E-state index in [0.717, 1.165) is 16.5 Å². The number of amides is 1. The SMILES string of the molecule is COc1ccc(CC(=O)NCc2nn(Cc3cccnc3)c(=O)c3ccccc23)cc1OC. The van der Waals surface area contributed by atoms with Gasteiger partial charge in [0, 0.05) is 17.8 Å². The van der Waals surface area contributed by atoms with Crippen molar-refractivity contribution in [3.8, 4) is 11.5 Å². The Morgan fingerprint density at radius 2 is 1.76 bits per heavy atom. The zero-order valence-electron chi connectivity index (χ0n) is 18.4. The molecule has 0 radical (unpaired) electrons. The lowest BCUT2D eigenvalue weighted by Gasteiger charge is -2.12. The maximum absolute atomic E-state index is 12.9. The molecule has 0 unspecified atom stereocenters. The van der Waals surface area contributed by atoms with Crippen molar-refractivity contribution < 1.29 is 14.3 Å². The fraction of sp³-hybridized carbons (Fsp3) is 0.200. The van der Waals surface area contributed by atoms with E-state index in [1.807, 2.05) is 36.4 Å². The first-order chi connectivity index (χ1) is 16.1. The average molecular weight is 444 g/mol. The zero-order valence-corrected chi connectivity index (χ0v) is 18.4. The second kappa shape index (κ2) is 9.95. The van der Waals surface area contributed by atoms with Gasteiger partial charge in [0.25, 0.3) is 5.56 Å². The van der Waals surface area contributed by atoms with Crippen LogP contribution < -0.4 is 20.3 Å². The number of carbonyl (C=O) groups is 1. The highest BCUT2D eigenvalue weighted by Crippen LogP contribution is 2.27. The molecular weight excluding hydrogens is 420 g/mol. The van der Waals surface area contributed by atoms with E-state index in [1.165, 1.54) is 4.68 Å². The van der Waals surface area contributed by atoms with Crippen LogP contribution in [0, 0.1) is 0 Å². The van der Waals surface area contributed by atoms with Crippen molar-refractivity contribution in [1.82, 2.24) is 20.1 Å². The minimum atomic E-state index is -0.185. The monoisotopic (exact) mass is 444 g/mol. The standard InChI is InChI=1S/C25H24N4O4/c1-32-22-10-9-17(12-23(22)33-2)13-24(30)27-15-21-19-7-3-4-8-20(19)25(31)29(28-21)16-18-6-5-11-26-14-18/h3-12,14H,13,15-16H2,1-2H3,(H,27,30). The highest BCUT2D eigenvalue weighted by atomic mass is 16.5. The normalized spacial score (nSPS) is 10.7. The summed E-state index contributed by atoms with van der Waals surface area (Å²) >= 11 is 0. The van der Waals surface area contributed by atoms with Gasteiger partial charge in [-0.1, -0.05) is 30.3 Å². The van der Waals surface area contributed by atoms with Crippen LogP contribution in [0.25, 0.3) is 10.8 Å². The molecule has 0 aliphatic heterocycles. The number of benzene rings is 2. The molecule has 0 fully saturated rings. The van der Waals surface area contributed by atoms with Crippen LogP contribution in [0.3, 0.4) is 0 Å². The van der Waals surface area contributed by atoms with Gasteiger partial charge in [-0.3, -0.25) is 14.6 Å². The number of methoxy groups -OCH3 is 2. The van der Waals surface area contributed by atoms with Gasteiger partial charge in [0.1, 0.15) is 0 Å². The summed E-state index contributed by atoms with van der Waals surface area (Å²) in [6.45, 7) is 0.490. The van der Waals surface area contributed by atoms with Crippen molar-refractivity contribution >= 4 is 16.7 Å². The third kappa shape index (κ3) is 5.01. The van der Waals surface area contributed by atoms with Gasteiger partial charge in [-0.05, 0) is 35.4 Å². The molecule has 1 N–H and O–H groups in total. The van der Waals surface area contributed by atoms with Crippen LogP contribution in [0.2, 0.25) is 0 Å². The molecule has 0 aliphatic rings. The molecule has 8 nitrogen and oxygen atoms in total. The topological polar surface area (TPSA) is 95.3 Å². The number of hydrogen-bond donors (Lipinski definition) is 1. The number of carbonyl (C=O) groups excluding carboxylic acids is 1. The number of hydrogen-bond acceptors (Lipinski definition) is 6. The predicted molar refractivity (Wildman–Crippen MR) is 124 cm³/mol. The average Bonchev–Trinajstić information content (AvgIpc) is 2.85. The molecule has 33 heavy (non-hydrogen) atoms. The molecule has 1 amide bonds. The number of nitrogens with zero attached hydrogens (tertiary/aromatic N) is 3. The zero-order chi connectivity index (χ0) is 23.2. The highest BCUT2D eigenvalue weighted by molar-refractivity contribution is 5.84. The molecule has 0 aliphatic carbocycles. The summed E-state index contributed by atoms with van der Waals surface area (Å²) in [5.41, 5.74) is 2.10. The van der Waals surface area contributed by atoms with E-state index in [0.29, 0.717) is 29.1 Å². The maximum Gasteiger partial charge on any atom is 0.274 e. The number of fused-ring (bicyclic) bond motifs is 1. The van der Waals surface area contributed by atoms with E-state index in [2.05, 4.69) is 15.4 Å². The van der Waals surface area contributed by atoms with Crippen molar-refractivity contribution in [2.75, 3.05) is 14.2 Å². The first-order valence-electron chi connectivity index (χ1n) is 10.4. The fourth-order valence-electron chi connectivity index (χ4n) is 3.63. The summed E-state index contributed by atoms with van der Waals surface area (Å²) in [5.74, 6) is 1.00. The Hall–Kier alpha value is -4.20. The van der Waals surface area contributed by atoms with Gasteiger partial charge in [-0.2, -0.15) is 5.10 Å². The van der Waals surface area contributed by atoms with E-state index in [9.17, 15) is 9.59 Å². The molecule has 2 heterocycles. The van der Waals surface area contributed by atoms with E-state index in [4.69, 9.17) is 9.47 Å². The summed E-state index contributed by atoms with van der Waals surface area (Å²) in [7, 11) is 3.12. The van der Waals surface area contributed by atoms with E-state index in [-0.39, 0.29) is 24.4 Å². The summed E-state index contributed by atoms with van der Waals surface area (Å²) < 4.78 is 12.0. The molecule has 4 rings (SSSR count). The third-order valence-electron chi connectivity index (χ3n) is 5.26. The number of rotatable bonds is 8. The molecule has 2 aromatic heterocycles. The van der Waals surface area contributed by atoms with E-state index >= 15 is 0 Å². The maximum atomic E-state index is 12.9. The van der Waals surface area contributed by atoms with Gasteiger partial charge >= 0.3 is 0 Å². The molecule has 168 valence electrons. The molecule has 2 aromatic carbocycles. The first-order valence-corrected chi connectivity index (χ1v) is 10.4. The summed E-state index contributed by atoms with van der Waals surface area (Å²) in [6.07, 6.45) is 3.56. The Morgan fingerprint density at radius 3 is 2.48 bits per heavy atom. The molecule has 4 aromatic rings. The summed E-state index contributed by atoms with van der Waals surface area (Å²) in [5, 5.41) is 8.74. The van der Waals surface area contributed by atoms with Crippen LogP contribution >= 0.6 is 0 Å². The van der Waals surface area contributed by atoms with Crippen LogP contribution in [0.1, 0.15) is 16.8 Å². The van der Waals surface area contributed by atoms with Gasteiger partial charge in [-0.15, -0.1) is 0 Å². The lowest BCUT2D eigenvalue weighted by Crippen LogP contribution is -2.29. The van der Waals surface area contributed by atoms with Crippen LogP contribution in [0.15, 0.2) is 71.8 Å². The molecule has 0 atom stereocenters.